The average molecular weight is 411 g/mol. The molecule has 0 aliphatic carbocycles. The first-order valence-electron chi connectivity index (χ1n) is 9.50. The van der Waals surface area contributed by atoms with Crippen LogP contribution in [-0.4, -0.2) is 29.4 Å². The molecule has 0 saturated carbocycles. The molecule has 1 saturated heterocycles. The van der Waals surface area contributed by atoms with Crippen LogP contribution in [0, 0.1) is 13.8 Å². The molecule has 2 aromatic heterocycles. The summed E-state index contributed by atoms with van der Waals surface area (Å²) in [6.07, 6.45) is 1.33. The smallest absolute Gasteiger partial charge is 0.336 e. The van der Waals surface area contributed by atoms with Gasteiger partial charge < -0.3 is 14.1 Å². The third-order valence-electron chi connectivity index (χ3n) is 5.41. The van der Waals surface area contributed by atoms with Crippen molar-refractivity contribution in [2.75, 3.05) is 6.54 Å². The van der Waals surface area contributed by atoms with Crippen LogP contribution in [-0.2, 0) is 16.1 Å². The van der Waals surface area contributed by atoms with E-state index in [2.05, 4.69) is 0 Å². The molecule has 0 unspecified atom stereocenters. The molecule has 1 atom stereocenters. The highest BCUT2D eigenvalue weighted by atomic mass is 32.1. The van der Waals surface area contributed by atoms with E-state index in [-0.39, 0.29) is 12.5 Å². The van der Waals surface area contributed by atoms with Gasteiger partial charge in [-0.2, -0.15) is 0 Å². The molecular formula is C22H21NO5S. The van der Waals surface area contributed by atoms with Crippen LogP contribution in [0.3, 0.4) is 0 Å². The second kappa shape index (κ2) is 7.83. The standard InChI is InChI=1S/C22H21NO5S/c1-13-7-8-16-15(11-19(24)28-20(16)14(13)2)12-27-22(26)17-5-3-9-23(17)21(25)18-6-4-10-29-18/h4,6-8,10-11,17H,3,5,9,12H2,1-2H3/t17-/m0/s1. The Morgan fingerprint density at radius 1 is 1.28 bits per heavy atom. The Bertz CT molecular complexity index is 1130. The highest BCUT2D eigenvalue weighted by molar-refractivity contribution is 7.12. The van der Waals surface area contributed by atoms with Crippen LogP contribution >= 0.6 is 11.3 Å². The van der Waals surface area contributed by atoms with Crippen LogP contribution in [0.25, 0.3) is 11.0 Å². The Hall–Kier alpha value is -2.93. The Morgan fingerprint density at radius 3 is 2.86 bits per heavy atom. The number of thiophene rings is 1. The van der Waals surface area contributed by atoms with Crippen molar-refractivity contribution in [2.45, 2.75) is 39.3 Å². The minimum Gasteiger partial charge on any atom is -0.459 e. The molecule has 0 N–H and O–H groups in total. The van der Waals surface area contributed by atoms with E-state index in [9.17, 15) is 14.4 Å². The number of fused-ring (bicyclic) bond motifs is 1. The summed E-state index contributed by atoms with van der Waals surface area (Å²) < 4.78 is 10.9. The Balaban J connectivity index is 1.53. The van der Waals surface area contributed by atoms with Gasteiger partial charge in [0.25, 0.3) is 5.91 Å². The number of amides is 1. The van der Waals surface area contributed by atoms with E-state index in [4.69, 9.17) is 9.15 Å². The number of esters is 1. The van der Waals surface area contributed by atoms with Gasteiger partial charge in [0.1, 0.15) is 18.2 Å². The maximum atomic E-state index is 12.7. The normalized spacial score (nSPS) is 16.3. The fraction of sp³-hybridized carbons (Fsp3) is 0.318. The summed E-state index contributed by atoms with van der Waals surface area (Å²) in [6, 6.07) is 8.14. The SMILES string of the molecule is Cc1ccc2c(COC(=O)[C@@H]3CCCN3C(=O)c3cccs3)cc(=O)oc2c1C. The molecule has 29 heavy (non-hydrogen) atoms. The highest BCUT2D eigenvalue weighted by Crippen LogP contribution is 2.26. The zero-order valence-electron chi connectivity index (χ0n) is 16.3. The molecule has 150 valence electrons. The lowest BCUT2D eigenvalue weighted by atomic mass is 10.0. The topological polar surface area (TPSA) is 76.8 Å². The van der Waals surface area contributed by atoms with Gasteiger partial charge in [-0.25, -0.2) is 9.59 Å². The second-order valence-corrected chi connectivity index (χ2v) is 8.16. The molecule has 4 rings (SSSR count). The number of hydrogen-bond acceptors (Lipinski definition) is 6. The Labute approximate surface area is 171 Å². The summed E-state index contributed by atoms with van der Waals surface area (Å²) in [5.74, 6) is -0.589. The first kappa shape index (κ1) is 19.4. The summed E-state index contributed by atoms with van der Waals surface area (Å²) in [4.78, 5) is 39.6. The van der Waals surface area contributed by atoms with Gasteiger partial charge in [-0.3, -0.25) is 4.79 Å². The van der Waals surface area contributed by atoms with Crippen LogP contribution in [0.4, 0.5) is 0 Å². The lowest BCUT2D eigenvalue weighted by Gasteiger charge is -2.22. The molecule has 0 radical (unpaired) electrons. The fourth-order valence-corrected chi connectivity index (χ4v) is 4.36. The third kappa shape index (κ3) is 3.70. The van der Waals surface area contributed by atoms with Gasteiger partial charge in [-0.15, -0.1) is 11.3 Å². The predicted octanol–water partition coefficient (Wildman–Crippen LogP) is 3.82. The molecule has 6 nitrogen and oxygen atoms in total. The quantitative estimate of drug-likeness (QED) is 0.482. The number of benzene rings is 1. The van der Waals surface area contributed by atoms with Crippen molar-refractivity contribution in [3.63, 3.8) is 0 Å². The number of carbonyl (C=O) groups is 2. The number of likely N-dealkylation sites (tertiary alicyclic amines) is 1. The van der Waals surface area contributed by atoms with E-state index in [0.717, 1.165) is 22.9 Å². The van der Waals surface area contributed by atoms with Crippen molar-refractivity contribution in [3.05, 3.63) is 67.7 Å². The minimum absolute atomic E-state index is 0.0407. The first-order valence-corrected chi connectivity index (χ1v) is 10.4. The second-order valence-electron chi connectivity index (χ2n) is 7.22. The van der Waals surface area contributed by atoms with Crippen LogP contribution in [0.2, 0.25) is 0 Å². The summed E-state index contributed by atoms with van der Waals surface area (Å²) in [5.41, 5.74) is 2.54. The lowest BCUT2D eigenvalue weighted by molar-refractivity contribution is -0.149. The molecule has 1 amide bonds. The van der Waals surface area contributed by atoms with Gasteiger partial charge in [0.2, 0.25) is 0 Å². The molecule has 0 bridgehead atoms. The Kier molecular flexibility index (Phi) is 5.24. The van der Waals surface area contributed by atoms with E-state index in [0.29, 0.717) is 29.0 Å². The van der Waals surface area contributed by atoms with E-state index >= 15 is 0 Å². The number of hydrogen-bond donors (Lipinski definition) is 0. The lowest BCUT2D eigenvalue weighted by Crippen LogP contribution is -2.41. The van der Waals surface area contributed by atoms with Crippen LogP contribution in [0.5, 0.6) is 0 Å². The van der Waals surface area contributed by atoms with Gasteiger partial charge >= 0.3 is 11.6 Å². The number of aryl methyl sites for hydroxylation is 2. The van der Waals surface area contributed by atoms with Crippen molar-refractivity contribution in [1.82, 2.24) is 4.90 Å². The maximum absolute atomic E-state index is 12.7. The van der Waals surface area contributed by atoms with Gasteiger partial charge in [0.05, 0.1) is 4.88 Å². The summed E-state index contributed by atoms with van der Waals surface area (Å²) in [7, 11) is 0. The number of ether oxygens (including phenoxy) is 1. The van der Waals surface area contributed by atoms with Crippen molar-refractivity contribution < 1.29 is 18.7 Å². The van der Waals surface area contributed by atoms with Gasteiger partial charge in [-0.05, 0) is 49.3 Å². The van der Waals surface area contributed by atoms with Crippen molar-refractivity contribution in [3.8, 4) is 0 Å². The molecule has 3 aromatic rings. The van der Waals surface area contributed by atoms with Crippen molar-refractivity contribution >= 4 is 34.2 Å². The van der Waals surface area contributed by atoms with Gasteiger partial charge in [-0.1, -0.05) is 18.2 Å². The van der Waals surface area contributed by atoms with Crippen molar-refractivity contribution in [2.24, 2.45) is 0 Å². The van der Waals surface area contributed by atoms with Gasteiger partial charge in [0, 0.05) is 23.6 Å². The predicted molar refractivity (Wildman–Crippen MR) is 110 cm³/mol. The maximum Gasteiger partial charge on any atom is 0.336 e. The van der Waals surface area contributed by atoms with Gasteiger partial charge in [0.15, 0.2) is 0 Å². The molecular weight excluding hydrogens is 390 g/mol. The molecule has 7 heteroatoms. The molecule has 1 aliphatic heterocycles. The van der Waals surface area contributed by atoms with E-state index in [1.54, 1.807) is 11.0 Å². The fourth-order valence-electron chi connectivity index (χ4n) is 3.69. The number of nitrogens with zero attached hydrogens (tertiary/aromatic N) is 1. The van der Waals surface area contributed by atoms with Crippen LogP contribution < -0.4 is 5.63 Å². The van der Waals surface area contributed by atoms with Crippen LogP contribution in [0.1, 0.15) is 39.2 Å². The zero-order valence-corrected chi connectivity index (χ0v) is 17.1. The van der Waals surface area contributed by atoms with E-state index in [1.165, 1.54) is 17.4 Å². The monoisotopic (exact) mass is 411 g/mol. The van der Waals surface area contributed by atoms with Crippen molar-refractivity contribution in [1.29, 1.82) is 0 Å². The molecule has 0 spiro atoms. The zero-order chi connectivity index (χ0) is 20.5. The van der Waals surface area contributed by atoms with Crippen LogP contribution in [0.15, 0.2) is 44.9 Å². The average Bonchev–Trinajstić information content (AvgIpc) is 3.40. The third-order valence-corrected chi connectivity index (χ3v) is 6.26. The summed E-state index contributed by atoms with van der Waals surface area (Å²) in [5, 5.41) is 2.59. The Morgan fingerprint density at radius 2 is 2.10 bits per heavy atom. The van der Waals surface area contributed by atoms with E-state index in [1.807, 2.05) is 37.4 Å². The highest BCUT2D eigenvalue weighted by Gasteiger charge is 2.36. The number of rotatable bonds is 4. The summed E-state index contributed by atoms with van der Waals surface area (Å²) >= 11 is 1.36. The molecule has 1 aliphatic rings. The first-order chi connectivity index (χ1) is 14.0. The number of carbonyl (C=O) groups excluding carboxylic acids is 2. The molecule has 1 fully saturated rings. The molecule has 3 heterocycles. The summed E-state index contributed by atoms with van der Waals surface area (Å²) in [6.45, 7) is 4.33. The largest absolute Gasteiger partial charge is 0.459 e. The van der Waals surface area contributed by atoms with E-state index < -0.39 is 17.6 Å². The minimum atomic E-state index is -0.597. The molecule has 1 aromatic carbocycles.